The molecule has 1 unspecified atom stereocenters. The maximum absolute atomic E-state index is 11.3. The molecule has 0 heterocycles. The molecule has 1 aliphatic rings. The number of ether oxygens (including phenoxy) is 1. The summed E-state index contributed by atoms with van der Waals surface area (Å²) >= 11 is 0. The smallest absolute Gasteiger partial charge is 0.305 e. The van der Waals surface area contributed by atoms with E-state index in [0.29, 0.717) is 18.3 Å². The van der Waals surface area contributed by atoms with Crippen LogP contribution in [0.5, 0.6) is 0 Å². The first-order valence-corrected chi connectivity index (χ1v) is 5.89. The molecular formula is C13H22O2. The molecular weight excluding hydrogens is 188 g/mol. The largest absolute Gasteiger partial charge is 0.462 e. The van der Waals surface area contributed by atoms with Gasteiger partial charge in [0.1, 0.15) is 6.10 Å². The van der Waals surface area contributed by atoms with Crippen LogP contribution in [0.15, 0.2) is 12.2 Å². The van der Waals surface area contributed by atoms with E-state index in [4.69, 9.17) is 4.74 Å². The van der Waals surface area contributed by atoms with Crippen LogP contribution in [-0.2, 0) is 9.53 Å². The molecule has 0 saturated heterocycles. The fraction of sp³-hybridized carbons (Fsp3) is 0.769. The minimum atomic E-state index is -0.0748. The second-order valence-corrected chi connectivity index (χ2v) is 4.72. The van der Waals surface area contributed by atoms with Crippen LogP contribution in [0.2, 0.25) is 0 Å². The summed E-state index contributed by atoms with van der Waals surface area (Å²) in [7, 11) is 0. The highest BCUT2D eigenvalue weighted by atomic mass is 16.5. The number of hydrogen-bond donors (Lipinski definition) is 0. The van der Waals surface area contributed by atoms with Crippen LogP contribution in [0.3, 0.4) is 0 Å². The van der Waals surface area contributed by atoms with Crippen LogP contribution in [0.4, 0.5) is 0 Å². The van der Waals surface area contributed by atoms with Crippen LogP contribution in [0, 0.1) is 11.8 Å². The number of carbonyl (C=O) groups excluding carboxylic acids is 1. The number of hydrogen-bond acceptors (Lipinski definition) is 2. The Bertz CT molecular complexity index is 245. The average molecular weight is 210 g/mol. The summed E-state index contributed by atoms with van der Waals surface area (Å²) in [5, 5.41) is 0. The lowest BCUT2D eigenvalue weighted by molar-refractivity contribution is -0.153. The quantitative estimate of drug-likeness (QED) is 0.527. The first-order chi connectivity index (χ1) is 7.04. The highest BCUT2D eigenvalue weighted by Crippen LogP contribution is 2.34. The SMILES string of the molecule is C=C(C)[C@@H]1CCC(C)[C@H](OC(=O)CC)C1. The summed E-state index contributed by atoms with van der Waals surface area (Å²) in [5.74, 6) is 0.959. The van der Waals surface area contributed by atoms with Gasteiger partial charge in [0.15, 0.2) is 0 Å². The minimum Gasteiger partial charge on any atom is -0.462 e. The van der Waals surface area contributed by atoms with E-state index in [1.165, 1.54) is 12.0 Å². The van der Waals surface area contributed by atoms with Crippen molar-refractivity contribution in [1.29, 1.82) is 0 Å². The van der Waals surface area contributed by atoms with Crippen LogP contribution < -0.4 is 0 Å². The number of rotatable bonds is 3. The molecule has 2 nitrogen and oxygen atoms in total. The van der Waals surface area contributed by atoms with Gasteiger partial charge in [0.2, 0.25) is 0 Å². The average Bonchev–Trinajstić information content (AvgIpc) is 2.20. The van der Waals surface area contributed by atoms with Crippen LogP contribution in [0.1, 0.15) is 46.5 Å². The highest BCUT2D eigenvalue weighted by Gasteiger charge is 2.30. The van der Waals surface area contributed by atoms with Gasteiger partial charge in [-0.2, -0.15) is 0 Å². The van der Waals surface area contributed by atoms with Gasteiger partial charge in [0.25, 0.3) is 0 Å². The maximum atomic E-state index is 11.3. The molecule has 0 aromatic heterocycles. The summed E-state index contributed by atoms with van der Waals surface area (Å²) in [5.41, 5.74) is 1.22. The summed E-state index contributed by atoms with van der Waals surface area (Å²) in [6, 6.07) is 0. The second-order valence-electron chi connectivity index (χ2n) is 4.72. The zero-order chi connectivity index (χ0) is 11.4. The molecule has 0 aliphatic heterocycles. The molecule has 0 spiro atoms. The fourth-order valence-electron chi connectivity index (χ4n) is 2.14. The van der Waals surface area contributed by atoms with Crippen molar-refractivity contribution in [2.24, 2.45) is 11.8 Å². The summed E-state index contributed by atoms with van der Waals surface area (Å²) in [4.78, 5) is 11.3. The van der Waals surface area contributed by atoms with Gasteiger partial charge in [-0.3, -0.25) is 4.79 Å². The third-order valence-corrected chi connectivity index (χ3v) is 3.39. The lowest BCUT2D eigenvalue weighted by Gasteiger charge is -2.34. The maximum Gasteiger partial charge on any atom is 0.305 e. The predicted octanol–water partition coefficient (Wildman–Crippen LogP) is 3.32. The molecule has 86 valence electrons. The van der Waals surface area contributed by atoms with Gasteiger partial charge in [-0.05, 0) is 38.0 Å². The van der Waals surface area contributed by atoms with Gasteiger partial charge >= 0.3 is 5.97 Å². The lowest BCUT2D eigenvalue weighted by atomic mass is 9.78. The summed E-state index contributed by atoms with van der Waals surface area (Å²) in [6.07, 6.45) is 3.87. The van der Waals surface area contributed by atoms with E-state index in [9.17, 15) is 4.79 Å². The van der Waals surface area contributed by atoms with Crippen molar-refractivity contribution in [2.75, 3.05) is 0 Å². The van der Waals surface area contributed by atoms with Gasteiger partial charge < -0.3 is 4.74 Å². The normalized spacial score (nSPS) is 31.0. The van der Waals surface area contributed by atoms with Gasteiger partial charge in [0, 0.05) is 6.42 Å². The van der Waals surface area contributed by atoms with Crippen molar-refractivity contribution in [2.45, 2.75) is 52.6 Å². The number of esters is 1. The topological polar surface area (TPSA) is 26.3 Å². The van der Waals surface area contributed by atoms with Crippen molar-refractivity contribution in [3.05, 3.63) is 12.2 Å². The van der Waals surface area contributed by atoms with E-state index in [2.05, 4.69) is 20.4 Å². The third kappa shape index (κ3) is 3.37. The van der Waals surface area contributed by atoms with Crippen molar-refractivity contribution in [1.82, 2.24) is 0 Å². The zero-order valence-electron chi connectivity index (χ0n) is 10.1. The molecule has 0 N–H and O–H groups in total. The first-order valence-electron chi connectivity index (χ1n) is 5.89. The van der Waals surface area contributed by atoms with Crippen LogP contribution in [0.25, 0.3) is 0 Å². The Labute approximate surface area is 92.7 Å². The minimum absolute atomic E-state index is 0.0748. The zero-order valence-corrected chi connectivity index (χ0v) is 10.1. The highest BCUT2D eigenvalue weighted by molar-refractivity contribution is 5.69. The molecule has 0 radical (unpaired) electrons. The molecule has 0 aromatic carbocycles. The first kappa shape index (κ1) is 12.3. The molecule has 0 amide bonds. The standard InChI is InChI=1S/C13H22O2/c1-5-13(14)15-12-8-11(9(2)3)7-6-10(12)4/h10-12H,2,5-8H2,1,3-4H3/t10?,11-,12-/m1/s1. The second kappa shape index (κ2) is 5.34. The van der Waals surface area contributed by atoms with Gasteiger partial charge in [-0.15, -0.1) is 0 Å². The Hall–Kier alpha value is -0.790. The Morgan fingerprint density at radius 3 is 2.67 bits per heavy atom. The van der Waals surface area contributed by atoms with E-state index in [1.54, 1.807) is 0 Å². The van der Waals surface area contributed by atoms with Crippen molar-refractivity contribution in [3.8, 4) is 0 Å². The van der Waals surface area contributed by atoms with Crippen molar-refractivity contribution in [3.63, 3.8) is 0 Å². The molecule has 1 aliphatic carbocycles. The molecule has 0 aromatic rings. The molecule has 0 bridgehead atoms. The summed E-state index contributed by atoms with van der Waals surface area (Å²) in [6.45, 7) is 10.1. The molecule has 2 heteroatoms. The molecule has 3 atom stereocenters. The predicted molar refractivity (Wildman–Crippen MR) is 61.5 cm³/mol. The summed E-state index contributed by atoms with van der Waals surface area (Å²) < 4.78 is 5.45. The Balaban J connectivity index is 2.53. The van der Waals surface area contributed by atoms with E-state index in [-0.39, 0.29) is 12.1 Å². The monoisotopic (exact) mass is 210 g/mol. The van der Waals surface area contributed by atoms with Gasteiger partial charge in [-0.25, -0.2) is 0 Å². The molecule has 1 rings (SSSR count). The van der Waals surface area contributed by atoms with E-state index in [1.807, 2.05) is 6.92 Å². The van der Waals surface area contributed by atoms with Crippen molar-refractivity contribution >= 4 is 5.97 Å². The van der Waals surface area contributed by atoms with Crippen LogP contribution in [-0.4, -0.2) is 12.1 Å². The Morgan fingerprint density at radius 2 is 2.13 bits per heavy atom. The van der Waals surface area contributed by atoms with Gasteiger partial charge in [0.05, 0.1) is 0 Å². The van der Waals surface area contributed by atoms with E-state index < -0.39 is 0 Å². The van der Waals surface area contributed by atoms with E-state index >= 15 is 0 Å². The lowest BCUT2D eigenvalue weighted by Crippen LogP contribution is -2.32. The molecule has 1 saturated carbocycles. The van der Waals surface area contributed by atoms with Gasteiger partial charge in [-0.1, -0.05) is 26.0 Å². The third-order valence-electron chi connectivity index (χ3n) is 3.39. The Kier molecular flexibility index (Phi) is 4.37. The molecule has 15 heavy (non-hydrogen) atoms. The Morgan fingerprint density at radius 1 is 1.47 bits per heavy atom. The van der Waals surface area contributed by atoms with E-state index in [0.717, 1.165) is 12.8 Å². The van der Waals surface area contributed by atoms with Crippen molar-refractivity contribution < 1.29 is 9.53 Å². The molecule has 1 fully saturated rings. The van der Waals surface area contributed by atoms with Crippen LogP contribution >= 0.6 is 0 Å². The number of carbonyl (C=O) groups is 1. The fourth-order valence-corrected chi connectivity index (χ4v) is 2.14. The number of allylic oxidation sites excluding steroid dienone is 1.